The Hall–Kier alpha value is -1.10. The molecular formula is C21H34ClN3O. The summed E-state index contributed by atoms with van der Waals surface area (Å²) in [5, 5.41) is 3.32. The number of likely N-dealkylation sites (tertiary alicyclic amines) is 1. The van der Waals surface area contributed by atoms with Crippen molar-refractivity contribution >= 4 is 18.3 Å². The predicted octanol–water partition coefficient (Wildman–Crippen LogP) is 3.16. The fourth-order valence-electron chi connectivity index (χ4n) is 4.48. The number of halogens is 1. The minimum Gasteiger partial charge on any atom is -0.352 e. The largest absolute Gasteiger partial charge is 0.352 e. The molecule has 1 aromatic rings. The van der Waals surface area contributed by atoms with Crippen LogP contribution in [0, 0.1) is 11.8 Å². The van der Waals surface area contributed by atoms with E-state index in [0.717, 1.165) is 19.5 Å². The van der Waals surface area contributed by atoms with Crippen LogP contribution in [0.4, 0.5) is 0 Å². The van der Waals surface area contributed by atoms with E-state index in [9.17, 15) is 4.79 Å². The fraction of sp³-hybridized carbons (Fsp3) is 0.667. The maximum absolute atomic E-state index is 12.8. The zero-order valence-electron chi connectivity index (χ0n) is 16.2. The summed E-state index contributed by atoms with van der Waals surface area (Å²) in [5.74, 6) is 1.72. The first-order chi connectivity index (χ1) is 12.0. The first kappa shape index (κ1) is 21.2. The van der Waals surface area contributed by atoms with Crippen molar-refractivity contribution < 1.29 is 4.79 Å². The maximum atomic E-state index is 12.8. The number of hydrogen-bond donors (Lipinski definition) is 2. The number of rotatable bonds is 4. The monoisotopic (exact) mass is 379 g/mol. The Labute approximate surface area is 164 Å². The SMILES string of the molecule is CC1CCCC(NC(=O)C(C)N2C[C@@H](N)[C@H](c3ccccc3)C2)C1C.Cl. The van der Waals surface area contributed by atoms with Crippen molar-refractivity contribution in [2.24, 2.45) is 17.6 Å². The Morgan fingerprint density at radius 3 is 2.58 bits per heavy atom. The number of carbonyl (C=O) groups excluding carboxylic acids is 1. The standard InChI is InChI=1S/C21H33N3O.ClH/c1-14-8-7-11-20(15(14)2)23-21(25)16(3)24-12-18(19(22)13-24)17-9-5-4-6-10-17;/h4-6,9-10,14-16,18-20H,7-8,11-13,22H2,1-3H3,(H,23,25);1H/t14?,15?,16?,18-,19+,20?;/m0./s1. The highest BCUT2D eigenvalue weighted by Gasteiger charge is 2.37. The Kier molecular flexibility index (Phi) is 7.51. The van der Waals surface area contributed by atoms with E-state index >= 15 is 0 Å². The molecular weight excluding hydrogens is 346 g/mol. The molecule has 1 saturated heterocycles. The Bertz CT molecular complexity index is 582. The van der Waals surface area contributed by atoms with Crippen LogP contribution in [0.1, 0.15) is 51.5 Å². The zero-order valence-corrected chi connectivity index (χ0v) is 17.0. The quantitative estimate of drug-likeness (QED) is 0.844. The van der Waals surface area contributed by atoms with Gasteiger partial charge in [0.25, 0.3) is 0 Å². The first-order valence-corrected chi connectivity index (χ1v) is 9.82. The van der Waals surface area contributed by atoms with Gasteiger partial charge in [-0.3, -0.25) is 9.69 Å². The molecule has 0 spiro atoms. The van der Waals surface area contributed by atoms with Gasteiger partial charge in [0, 0.05) is 31.1 Å². The molecule has 3 N–H and O–H groups in total. The van der Waals surface area contributed by atoms with Gasteiger partial charge in [0.2, 0.25) is 5.91 Å². The molecule has 0 aromatic heterocycles. The lowest BCUT2D eigenvalue weighted by Crippen LogP contribution is -2.51. The summed E-state index contributed by atoms with van der Waals surface area (Å²) >= 11 is 0. The topological polar surface area (TPSA) is 58.4 Å². The molecule has 1 heterocycles. The van der Waals surface area contributed by atoms with E-state index in [4.69, 9.17) is 5.73 Å². The third-order valence-electron chi connectivity index (χ3n) is 6.58. The molecule has 3 rings (SSSR count). The third kappa shape index (κ3) is 4.59. The second-order valence-electron chi connectivity index (χ2n) is 8.19. The van der Waals surface area contributed by atoms with Crippen molar-refractivity contribution in [2.75, 3.05) is 13.1 Å². The van der Waals surface area contributed by atoms with Gasteiger partial charge in [0.1, 0.15) is 0 Å². The summed E-state index contributed by atoms with van der Waals surface area (Å²) in [7, 11) is 0. The first-order valence-electron chi connectivity index (χ1n) is 9.82. The number of carbonyl (C=O) groups is 1. The van der Waals surface area contributed by atoms with E-state index in [1.807, 2.05) is 13.0 Å². The molecule has 1 aliphatic heterocycles. The van der Waals surface area contributed by atoms with Crippen LogP contribution in [0.25, 0.3) is 0 Å². The summed E-state index contributed by atoms with van der Waals surface area (Å²) in [4.78, 5) is 15.1. The molecule has 2 aliphatic rings. The van der Waals surface area contributed by atoms with Gasteiger partial charge in [-0.15, -0.1) is 12.4 Å². The van der Waals surface area contributed by atoms with E-state index in [1.165, 1.54) is 18.4 Å². The fourth-order valence-corrected chi connectivity index (χ4v) is 4.48. The third-order valence-corrected chi connectivity index (χ3v) is 6.58. The highest BCUT2D eigenvalue weighted by Crippen LogP contribution is 2.30. The molecule has 1 aliphatic carbocycles. The lowest BCUT2D eigenvalue weighted by atomic mass is 9.78. The van der Waals surface area contributed by atoms with Gasteiger partial charge in [-0.2, -0.15) is 0 Å². The molecule has 2 fully saturated rings. The number of benzene rings is 1. The summed E-state index contributed by atoms with van der Waals surface area (Å²) in [6.07, 6.45) is 3.61. The number of hydrogen-bond acceptors (Lipinski definition) is 3. The number of nitrogens with two attached hydrogens (primary N) is 1. The van der Waals surface area contributed by atoms with Crippen LogP contribution in [0.15, 0.2) is 30.3 Å². The average Bonchev–Trinajstić information content (AvgIpc) is 3.00. The second kappa shape index (κ2) is 9.20. The Morgan fingerprint density at radius 1 is 1.19 bits per heavy atom. The van der Waals surface area contributed by atoms with Crippen LogP contribution < -0.4 is 11.1 Å². The summed E-state index contributed by atoms with van der Waals surface area (Å²) in [6.45, 7) is 8.24. The van der Waals surface area contributed by atoms with E-state index < -0.39 is 0 Å². The minimum absolute atomic E-state index is 0. The number of nitrogens with zero attached hydrogens (tertiary/aromatic N) is 1. The highest BCUT2D eigenvalue weighted by atomic mass is 35.5. The summed E-state index contributed by atoms with van der Waals surface area (Å²) in [6, 6.07) is 10.7. The molecule has 26 heavy (non-hydrogen) atoms. The van der Waals surface area contributed by atoms with Crippen molar-refractivity contribution in [3.8, 4) is 0 Å². The molecule has 146 valence electrons. The lowest BCUT2D eigenvalue weighted by Gasteiger charge is -2.36. The van der Waals surface area contributed by atoms with Crippen LogP contribution in [0.5, 0.6) is 0 Å². The van der Waals surface area contributed by atoms with Crippen LogP contribution in [-0.2, 0) is 4.79 Å². The zero-order chi connectivity index (χ0) is 18.0. The van der Waals surface area contributed by atoms with Crippen LogP contribution in [0.2, 0.25) is 0 Å². The van der Waals surface area contributed by atoms with Gasteiger partial charge in [-0.25, -0.2) is 0 Å². The smallest absolute Gasteiger partial charge is 0.237 e. The Balaban J connectivity index is 0.00000243. The lowest BCUT2D eigenvalue weighted by molar-refractivity contribution is -0.127. The van der Waals surface area contributed by atoms with Crippen molar-refractivity contribution in [3.63, 3.8) is 0 Å². The second-order valence-corrected chi connectivity index (χ2v) is 8.19. The van der Waals surface area contributed by atoms with Gasteiger partial charge in [0.05, 0.1) is 6.04 Å². The molecule has 1 amide bonds. The van der Waals surface area contributed by atoms with Crippen molar-refractivity contribution in [1.82, 2.24) is 10.2 Å². The van der Waals surface area contributed by atoms with Crippen LogP contribution in [-0.4, -0.2) is 42.0 Å². The van der Waals surface area contributed by atoms with Gasteiger partial charge in [0.15, 0.2) is 0 Å². The normalized spacial score (nSPS) is 33.3. The van der Waals surface area contributed by atoms with Gasteiger partial charge >= 0.3 is 0 Å². The van der Waals surface area contributed by atoms with Gasteiger partial charge in [-0.05, 0) is 30.7 Å². The molecule has 0 radical (unpaired) electrons. The van der Waals surface area contributed by atoms with Gasteiger partial charge < -0.3 is 11.1 Å². The summed E-state index contributed by atoms with van der Waals surface area (Å²) in [5.41, 5.74) is 7.67. The Morgan fingerprint density at radius 2 is 1.88 bits per heavy atom. The molecule has 0 bridgehead atoms. The number of nitrogens with one attached hydrogen (secondary N) is 1. The molecule has 4 unspecified atom stereocenters. The van der Waals surface area contributed by atoms with Crippen molar-refractivity contribution in [1.29, 1.82) is 0 Å². The van der Waals surface area contributed by atoms with E-state index in [-0.39, 0.29) is 30.4 Å². The van der Waals surface area contributed by atoms with Crippen LogP contribution >= 0.6 is 12.4 Å². The van der Waals surface area contributed by atoms with Crippen molar-refractivity contribution in [3.05, 3.63) is 35.9 Å². The highest BCUT2D eigenvalue weighted by molar-refractivity contribution is 5.85. The van der Waals surface area contributed by atoms with Gasteiger partial charge in [-0.1, -0.05) is 57.0 Å². The predicted molar refractivity (Wildman–Crippen MR) is 110 cm³/mol. The molecule has 1 saturated carbocycles. The average molecular weight is 380 g/mol. The van der Waals surface area contributed by atoms with E-state index in [1.54, 1.807) is 0 Å². The molecule has 5 heteroatoms. The minimum atomic E-state index is -0.121. The van der Waals surface area contributed by atoms with E-state index in [0.29, 0.717) is 23.8 Å². The molecule has 4 nitrogen and oxygen atoms in total. The summed E-state index contributed by atoms with van der Waals surface area (Å²) < 4.78 is 0. The number of amides is 1. The van der Waals surface area contributed by atoms with E-state index in [2.05, 4.69) is 48.3 Å². The maximum Gasteiger partial charge on any atom is 0.237 e. The van der Waals surface area contributed by atoms with Crippen LogP contribution in [0.3, 0.4) is 0 Å². The molecule has 1 aromatic carbocycles. The molecule has 6 atom stereocenters. The van der Waals surface area contributed by atoms with Crippen molar-refractivity contribution in [2.45, 2.75) is 64.1 Å².